The molecule has 8 heteroatoms. The van der Waals surface area contributed by atoms with Gasteiger partial charge in [-0.3, -0.25) is 4.79 Å². The second-order valence-electron chi connectivity index (χ2n) is 8.83. The van der Waals surface area contributed by atoms with Gasteiger partial charge in [-0.25, -0.2) is 0 Å². The first-order valence-corrected chi connectivity index (χ1v) is 10.5. The van der Waals surface area contributed by atoms with E-state index < -0.39 is 28.3 Å². The molecule has 0 saturated heterocycles. The molecule has 33 heavy (non-hydrogen) atoms. The zero-order chi connectivity index (χ0) is 24.5. The minimum absolute atomic E-state index is 0.151. The Morgan fingerprint density at radius 1 is 1.03 bits per heavy atom. The molecule has 0 aliphatic heterocycles. The summed E-state index contributed by atoms with van der Waals surface area (Å²) in [6, 6.07) is 4.69. The molecular weight excluding hydrogens is 428 g/mol. The van der Waals surface area contributed by atoms with Gasteiger partial charge in [-0.05, 0) is 58.6 Å². The van der Waals surface area contributed by atoms with Crippen molar-refractivity contribution in [3.63, 3.8) is 0 Å². The number of rotatable bonds is 7. The lowest BCUT2D eigenvalue weighted by molar-refractivity contribution is 0.0689. The summed E-state index contributed by atoms with van der Waals surface area (Å²) >= 11 is 0. The first kappa shape index (κ1) is 24.0. The summed E-state index contributed by atoms with van der Waals surface area (Å²) < 4.78 is 5.65. The van der Waals surface area contributed by atoms with Crippen molar-refractivity contribution >= 4 is 11.0 Å². The molecule has 176 valence electrons. The normalized spacial score (nSPS) is 12.4. The lowest BCUT2D eigenvalue weighted by Gasteiger charge is -2.16. The van der Waals surface area contributed by atoms with Crippen LogP contribution in [0.1, 0.15) is 45.6 Å². The van der Waals surface area contributed by atoms with Crippen molar-refractivity contribution in [2.45, 2.75) is 52.1 Å². The highest BCUT2D eigenvalue weighted by Crippen LogP contribution is 2.41. The zero-order valence-corrected chi connectivity index (χ0v) is 18.7. The molecule has 3 aromatic rings. The monoisotopic (exact) mass is 456 g/mol. The third-order valence-corrected chi connectivity index (χ3v) is 5.46. The lowest BCUT2D eigenvalue weighted by atomic mass is 9.96. The van der Waals surface area contributed by atoms with E-state index in [0.29, 0.717) is 12.8 Å². The molecule has 6 N–H and O–H groups in total. The maximum atomic E-state index is 12.7. The predicted molar refractivity (Wildman–Crippen MR) is 124 cm³/mol. The molecule has 1 heterocycles. The van der Waals surface area contributed by atoms with Crippen molar-refractivity contribution in [2.75, 3.05) is 0 Å². The molecule has 0 spiro atoms. The van der Waals surface area contributed by atoms with Crippen LogP contribution >= 0.6 is 0 Å². The lowest BCUT2D eigenvalue weighted by Crippen LogP contribution is -2.17. The molecule has 0 amide bonds. The minimum atomic E-state index is -0.902. The number of aliphatic hydroxyl groups is 1. The average Bonchev–Trinajstić information content (AvgIpc) is 2.70. The van der Waals surface area contributed by atoms with Gasteiger partial charge in [-0.15, -0.1) is 0 Å². The Morgan fingerprint density at radius 2 is 1.73 bits per heavy atom. The van der Waals surface area contributed by atoms with Gasteiger partial charge in [0.1, 0.15) is 22.5 Å². The standard InChI is InChI=1S/C25H28O8/c1-13(5-4-10-25(2,3)32)6-7-15-16(8-9-17(27)21(15)29)24-23(31)22(30)20-18(28)11-14(26)12-19(20)33-24/h6,8-9,11-12,26-29,31-32H,4-5,7,10H2,1-3H3. The first-order valence-electron chi connectivity index (χ1n) is 10.5. The molecule has 0 bridgehead atoms. The number of phenolic OH excluding ortho intramolecular Hbond substituents is 4. The maximum absolute atomic E-state index is 12.7. The van der Waals surface area contributed by atoms with Crippen LogP contribution in [0.5, 0.6) is 28.7 Å². The van der Waals surface area contributed by atoms with Crippen molar-refractivity contribution in [2.24, 2.45) is 0 Å². The second-order valence-corrected chi connectivity index (χ2v) is 8.83. The summed E-state index contributed by atoms with van der Waals surface area (Å²) in [5.74, 6) is -2.72. The summed E-state index contributed by atoms with van der Waals surface area (Å²) in [7, 11) is 0. The summed E-state index contributed by atoms with van der Waals surface area (Å²) in [6.45, 7) is 5.39. The SMILES string of the molecule is CC(=CCc1c(-c2oc3cc(O)cc(O)c3c(=O)c2O)ccc(O)c1O)CCCC(C)(C)O. The predicted octanol–water partition coefficient (Wildman–Crippen LogP) is 4.42. The molecule has 8 nitrogen and oxygen atoms in total. The topological polar surface area (TPSA) is 152 Å². The fourth-order valence-electron chi connectivity index (χ4n) is 3.68. The molecule has 1 aromatic heterocycles. The van der Waals surface area contributed by atoms with Gasteiger partial charge in [0.05, 0.1) is 5.60 Å². The highest BCUT2D eigenvalue weighted by molar-refractivity contribution is 5.88. The largest absolute Gasteiger partial charge is 0.508 e. The molecule has 0 radical (unpaired) electrons. The molecule has 0 aliphatic carbocycles. The van der Waals surface area contributed by atoms with E-state index in [9.17, 15) is 35.4 Å². The van der Waals surface area contributed by atoms with E-state index in [1.54, 1.807) is 13.8 Å². The van der Waals surface area contributed by atoms with E-state index >= 15 is 0 Å². The third kappa shape index (κ3) is 5.23. The van der Waals surface area contributed by atoms with Gasteiger partial charge in [0, 0.05) is 23.3 Å². The van der Waals surface area contributed by atoms with Crippen LogP contribution in [0, 0.1) is 0 Å². The Labute approximate surface area is 190 Å². The van der Waals surface area contributed by atoms with Crippen molar-refractivity contribution < 1.29 is 35.1 Å². The minimum Gasteiger partial charge on any atom is -0.508 e. The summed E-state index contributed by atoms with van der Waals surface area (Å²) in [5.41, 5.74) is -0.427. The van der Waals surface area contributed by atoms with Crippen LogP contribution in [0.25, 0.3) is 22.3 Å². The van der Waals surface area contributed by atoms with Crippen molar-refractivity contribution in [3.05, 3.63) is 51.7 Å². The van der Waals surface area contributed by atoms with Gasteiger partial charge < -0.3 is 35.1 Å². The molecule has 0 fully saturated rings. The number of benzene rings is 2. The Hall–Kier alpha value is -3.65. The second kappa shape index (κ2) is 9.07. The van der Waals surface area contributed by atoms with Crippen LogP contribution in [0.4, 0.5) is 0 Å². The van der Waals surface area contributed by atoms with Crippen molar-refractivity contribution in [1.29, 1.82) is 0 Å². The van der Waals surface area contributed by atoms with Gasteiger partial charge in [0.15, 0.2) is 17.3 Å². The summed E-state index contributed by atoms with van der Waals surface area (Å²) in [4.78, 5) is 12.7. The Kier molecular flexibility index (Phi) is 6.60. The number of hydrogen-bond acceptors (Lipinski definition) is 8. The number of phenols is 4. The van der Waals surface area contributed by atoms with E-state index in [0.717, 1.165) is 24.1 Å². The molecule has 0 saturated carbocycles. The molecule has 2 aromatic carbocycles. The highest BCUT2D eigenvalue weighted by Gasteiger charge is 2.23. The van der Waals surface area contributed by atoms with Crippen molar-refractivity contribution in [3.8, 4) is 40.1 Å². The number of fused-ring (bicyclic) bond motifs is 1. The summed E-state index contributed by atoms with van der Waals surface area (Å²) in [5, 5.41) is 60.4. The Bertz CT molecular complexity index is 1280. The van der Waals surface area contributed by atoms with Gasteiger partial charge in [0.2, 0.25) is 11.2 Å². The number of hydrogen-bond donors (Lipinski definition) is 6. The van der Waals surface area contributed by atoms with Crippen LogP contribution in [-0.4, -0.2) is 36.2 Å². The van der Waals surface area contributed by atoms with Gasteiger partial charge >= 0.3 is 0 Å². The van der Waals surface area contributed by atoms with Gasteiger partial charge in [-0.2, -0.15) is 0 Å². The maximum Gasteiger partial charge on any atom is 0.238 e. The van der Waals surface area contributed by atoms with Crippen LogP contribution in [0.2, 0.25) is 0 Å². The third-order valence-electron chi connectivity index (χ3n) is 5.46. The Balaban J connectivity index is 2.06. The van der Waals surface area contributed by atoms with Crippen LogP contribution in [0.15, 0.2) is 45.1 Å². The number of allylic oxidation sites excluding steroid dienone is 2. The molecule has 0 aliphatic rings. The summed E-state index contributed by atoms with van der Waals surface area (Å²) in [6.07, 6.45) is 4.11. The van der Waals surface area contributed by atoms with E-state index in [2.05, 4.69) is 0 Å². The van der Waals surface area contributed by atoms with Crippen LogP contribution < -0.4 is 5.43 Å². The van der Waals surface area contributed by atoms with Crippen molar-refractivity contribution in [1.82, 2.24) is 0 Å². The van der Waals surface area contributed by atoms with E-state index in [1.165, 1.54) is 12.1 Å². The molecular formula is C25H28O8. The molecule has 0 unspecified atom stereocenters. The van der Waals surface area contributed by atoms with Gasteiger partial charge in [-0.1, -0.05) is 11.6 Å². The van der Waals surface area contributed by atoms with E-state index in [1.807, 2.05) is 13.0 Å². The van der Waals surface area contributed by atoms with Crippen LogP contribution in [0.3, 0.4) is 0 Å². The average molecular weight is 456 g/mol. The Morgan fingerprint density at radius 3 is 2.39 bits per heavy atom. The van der Waals surface area contributed by atoms with E-state index in [4.69, 9.17) is 4.42 Å². The fraction of sp³-hybridized carbons (Fsp3) is 0.320. The molecule has 3 rings (SSSR count). The quantitative estimate of drug-likeness (QED) is 0.226. The number of aromatic hydroxyl groups is 5. The fourth-order valence-corrected chi connectivity index (χ4v) is 3.68. The van der Waals surface area contributed by atoms with Gasteiger partial charge in [0.25, 0.3) is 0 Å². The molecule has 0 atom stereocenters. The van der Waals surface area contributed by atoms with Crippen LogP contribution in [-0.2, 0) is 6.42 Å². The first-order chi connectivity index (χ1) is 15.4. The smallest absolute Gasteiger partial charge is 0.238 e. The zero-order valence-electron chi connectivity index (χ0n) is 18.7. The van der Waals surface area contributed by atoms with E-state index in [-0.39, 0.29) is 45.8 Å². The highest BCUT2D eigenvalue weighted by atomic mass is 16.4.